The van der Waals surface area contributed by atoms with Crippen molar-refractivity contribution in [1.29, 1.82) is 0 Å². The molecule has 1 aliphatic rings. The lowest BCUT2D eigenvalue weighted by molar-refractivity contribution is -0.126. The molecule has 108 valence electrons. The maximum Gasteiger partial charge on any atom is 0.227 e. The Labute approximate surface area is 118 Å². The molecular weight excluding hydrogens is 256 g/mol. The summed E-state index contributed by atoms with van der Waals surface area (Å²) in [6.45, 7) is 3.11. The molecule has 0 radical (unpaired) electrons. The van der Waals surface area contributed by atoms with Crippen molar-refractivity contribution in [1.82, 2.24) is 5.32 Å². The van der Waals surface area contributed by atoms with Gasteiger partial charge in [0.15, 0.2) is 0 Å². The predicted octanol–water partition coefficient (Wildman–Crippen LogP) is 1.57. The Balaban J connectivity index is 2.03. The summed E-state index contributed by atoms with van der Waals surface area (Å²) >= 11 is 0. The second-order valence-electron chi connectivity index (χ2n) is 4.89. The van der Waals surface area contributed by atoms with Crippen LogP contribution in [-0.4, -0.2) is 32.0 Å². The highest BCUT2D eigenvalue weighted by Crippen LogP contribution is 2.26. The summed E-state index contributed by atoms with van der Waals surface area (Å²) in [7, 11) is 1.60. The van der Waals surface area contributed by atoms with Gasteiger partial charge < -0.3 is 15.0 Å². The van der Waals surface area contributed by atoms with Crippen molar-refractivity contribution in [3.05, 3.63) is 24.3 Å². The molecule has 1 heterocycles. The molecule has 0 unspecified atom stereocenters. The molecule has 1 fully saturated rings. The van der Waals surface area contributed by atoms with Crippen LogP contribution in [0.25, 0.3) is 0 Å². The quantitative estimate of drug-likeness (QED) is 0.888. The first-order valence-electron chi connectivity index (χ1n) is 6.87. The summed E-state index contributed by atoms with van der Waals surface area (Å²) in [5, 5.41) is 2.85. The van der Waals surface area contributed by atoms with Crippen LogP contribution in [0.1, 0.15) is 19.8 Å². The maximum atomic E-state index is 12.0. The molecule has 2 amide bonds. The molecule has 0 aliphatic carbocycles. The number of benzene rings is 1. The number of anilines is 1. The van der Waals surface area contributed by atoms with Gasteiger partial charge in [0, 0.05) is 25.2 Å². The first kappa shape index (κ1) is 14.4. The van der Waals surface area contributed by atoms with E-state index in [0.717, 1.165) is 17.9 Å². The number of hydrogen-bond acceptors (Lipinski definition) is 3. The van der Waals surface area contributed by atoms with Crippen LogP contribution in [0.2, 0.25) is 0 Å². The molecule has 0 aromatic heterocycles. The normalized spacial score (nSPS) is 18.2. The van der Waals surface area contributed by atoms with E-state index in [2.05, 4.69) is 5.32 Å². The Hall–Kier alpha value is -2.04. The zero-order chi connectivity index (χ0) is 14.5. The standard InChI is InChI=1S/C15H20N2O3/c1-3-8-16-15(19)11-9-14(18)17(10-11)12-4-6-13(20-2)7-5-12/h4-7,11H,3,8-10H2,1-2H3,(H,16,19)/t11-/m1/s1. The number of hydrogen-bond donors (Lipinski definition) is 1. The van der Waals surface area contributed by atoms with Gasteiger partial charge in [-0.05, 0) is 30.7 Å². The number of carbonyl (C=O) groups is 2. The average molecular weight is 276 g/mol. The molecule has 5 nitrogen and oxygen atoms in total. The largest absolute Gasteiger partial charge is 0.497 e. The highest BCUT2D eigenvalue weighted by Gasteiger charge is 2.34. The Morgan fingerprint density at radius 1 is 1.40 bits per heavy atom. The smallest absolute Gasteiger partial charge is 0.227 e. The average Bonchev–Trinajstić information content (AvgIpc) is 2.87. The van der Waals surface area contributed by atoms with Gasteiger partial charge in [-0.3, -0.25) is 9.59 Å². The maximum absolute atomic E-state index is 12.0. The van der Waals surface area contributed by atoms with Gasteiger partial charge >= 0.3 is 0 Å². The van der Waals surface area contributed by atoms with E-state index in [-0.39, 0.29) is 24.2 Å². The monoisotopic (exact) mass is 276 g/mol. The number of rotatable bonds is 5. The van der Waals surface area contributed by atoms with E-state index in [9.17, 15) is 9.59 Å². The highest BCUT2D eigenvalue weighted by molar-refractivity contribution is 6.00. The van der Waals surface area contributed by atoms with Crippen molar-refractivity contribution in [3.8, 4) is 5.75 Å². The van der Waals surface area contributed by atoms with Gasteiger partial charge in [0.1, 0.15) is 5.75 Å². The van der Waals surface area contributed by atoms with E-state index in [4.69, 9.17) is 4.74 Å². The minimum atomic E-state index is -0.254. The number of amides is 2. The molecular formula is C15H20N2O3. The van der Waals surface area contributed by atoms with Crippen LogP contribution in [0.5, 0.6) is 5.75 Å². The molecule has 0 spiro atoms. The van der Waals surface area contributed by atoms with Crippen LogP contribution < -0.4 is 15.0 Å². The minimum absolute atomic E-state index is 0.00758. The second kappa shape index (κ2) is 6.41. The van der Waals surface area contributed by atoms with Crippen molar-refractivity contribution < 1.29 is 14.3 Å². The van der Waals surface area contributed by atoms with Crippen LogP contribution in [0.15, 0.2) is 24.3 Å². The van der Waals surface area contributed by atoms with Gasteiger partial charge in [-0.2, -0.15) is 0 Å². The Morgan fingerprint density at radius 3 is 2.70 bits per heavy atom. The van der Waals surface area contributed by atoms with Gasteiger partial charge in [-0.25, -0.2) is 0 Å². The molecule has 1 aromatic carbocycles. The van der Waals surface area contributed by atoms with Crippen LogP contribution in [0.3, 0.4) is 0 Å². The lowest BCUT2D eigenvalue weighted by atomic mass is 10.1. The van der Waals surface area contributed by atoms with Crippen LogP contribution in [-0.2, 0) is 9.59 Å². The van der Waals surface area contributed by atoms with Gasteiger partial charge in [-0.1, -0.05) is 6.92 Å². The van der Waals surface area contributed by atoms with Crippen molar-refractivity contribution in [2.75, 3.05) is 25.1 Å². The molecule has 0 bridgehead atoms. The van der Waals surface area contributed by atoms with E-state index in [0.29, 0.717) is 13.1 Å². The van der Waals surface area contributed by atoms with Gasteiger partial charge in [0.05, 0.1) is 13.0 Å². The number of carbonyl (C=O) groups excluding carboxylic acids is 2. The van der Waals surface area contributed by atoms with Crippen molar-refractivity contribution in [2.45, 2.75) is 19.8 Å². The zero-order valence-electron chi connectivity index (χ0n) is 11.9. The second-order valence-corrected chi connectivity index (χ2v) is 4.89. The topological polar surface area (TPSA) is 58.6 Å². The van der Waals surface area contributed by atoms with Crippen molar-refractivity contribution in [3.63, 3.8) is 0 Å². The predicted molar refractivity (Wildman–Crippen MR) is 76.8 cm³/mol. The fourth-order valence-corrected chi connectivity index (χ4v) is 2.29. The zero-order valence-corrected chi connectivity index (χ0v) is 11.9. The van der Waals surface area contributed by atoms with Gasteiger partial charge in [0.2, 0.25) is 11.8 Å². The lowest BCUT2D eigenvalue weighted by Crippen LogP contribution is -2.33. The number of nitrogens with one attached hydrogen (secondary N) is 1. The van der Waals surface area contributed by atoms with Crippen molar-refractivity contribution >= 4 is 17.5 Å². The summed E-state index contributed by atoms with van der Waals surface area (Å²) in [4.78, 5) is 25.6. The van der Waals surface area contributed by atoms with Crippen LogP contribution >= 0.6 is 0 Å². The molecule has 1 aliphatic heterocycles. The Kier molecular flexibility index (Phi) is 4.61. The van der Waals surface area contributed by atoms with E-state index in [1.165, 1.54) is 0 Å². The first-order valence-corrected chi connectivity index (χ1v) is 6.87. The first-order chi connectivity index (χ1) is 9.65. The number of nitrogens with zero attached hydrogens (tertiary/aromatic N) is 1. The fraction of sp³-hybridized carbons (Fsp3) is 0.467. The third-order valence-electron chi connectivity index (χ3n) is 3.43. The van der Waals surface area contributed by atoms with Gasteiger partial charge in [-0.15, -0.1) is 0 Å². The van der Waals surface area contributed by atoms with E-state index >= 15 is 0 Å². The third-order valence-corrected chi connectivity index (χ3v) is 3.43. The molecule has 0 saturated carbocycles. The lowest BCUT2D eigenvalue weighted by Gasteiger charge is -2.17. The van der Waals surface area contributed by atoms with E-state index in [1.807, 2.05) is 31.2 Å². The molecule has 1 N–H and O–H groups in total. The summed E-state index contributed by atoms with van der Waals surface area (Å²) < 4.78 is 5.09. The SMILES string of the molecule is CCCNC(=O)[C@@H]1CC(=O)N(c2ccc(OC)cc2)C1. The summed E-state index contributed by atoms with van der Waals surface area (Å²) in [6.07, 6.45) is 1.18. The molecule has 20 heavy (non-hydrogen) atoms. The summed E-state index contributed by atoms with van der Waals surface area (Å²) in [5.74, 6) is 0.455. The molecule has 5 heteroatoms. The third kappa shape index (κ3) is 3.10. The van der Waals surface area contributed by atoms with Gasteiger partial charge in [0.25, 0.3) is 0 Å². The summed E-state index contributed by atoms with van der Waals surface area (Å²) in [6, 6.07) is 7.30. The molecule has 1 saturated heterocycles. The molecule has 2 rings (SSSR count). The van der Waals surface area contributed by atoms with Crippen LogP contribution in [0, 0.1) is 5.92 Å². The minimum Gasteiger partial charge on any atom is -0.497 e. The molecule has 1 atom stereocenters. The fourth-order valence-electron chi connectivity index (χ4n) is 2.29. The van der Waals surface area contributed by atoms with Crippen LogP contribution in [0.4, 0.5) is 5.69 Å². The highest BCUT2D eigenvalue weighted by atomic mass is 16.5. The number of methoxy groups -OCH3 is 1. The summed E-state index contributed by atoms with van der Waals surface area (Å²) in [5.41, 5.74) is 0.807. The Bertz CT molecular complexity index is 484. The number of ether oxygens (including phenoxy) is 1. The molecule has 1 aromatic rings. The van der Waals surface area contributed by atoms with E-state index < -0.39 is 0 Å². The van der Waals surface area contributed by atoms with Crippen molar-refractivity contribution in [2.24, 2.45) is 5.92 Å². The van der Waals surface area contributed by atoms with E-state index in [1.54, 1.807) is 12.0 Å². The Morgan fingerprint density at radius 2 is 2.10 bits per heavy atom.